The van der Waals surface area contributed by atoms with Crippen LogP contribution < -0.4 is 5.32 Å². The van der Waals surface area contributed by atoms with Crippen molar-refractivity contribution in [2.24, 2.45) is 10.9 Å². The van der Waals surface area contributed by atoms with Crippen LogP contribution in [0.15, 0.2) is 9.52 Å². The van der Waals surface area contributed by atoms with Crippen molar-refractivity contribution in [3.63, 3.8) is 0 Å². The monoisotopic (exact) mass is 408 g/mol. The summed E-state index contributed by atoms with van der Waals surface area (Å²) in [4.78, 5) is 6.48. The molecule has 1 aliphatic rings. The van der Waals surface area contributed by atoms with Gasteiger partial charge in [-0.15, -0.1) is 24.0 Å². The third kappa shape index (κ3) is 4.84. The lowest BCUT2D eigenvalue weighted by Gasteiger charge is -2.24. The summed E-state index contributed by atoms with van der Waals surface area (Å²) in [5, 5.41) is 7.33. The molecule has 21 heavy (non-hydrogen) atoms. The van der Waals surface area contributed by atoms with Crippen LogP contribution >= 0.6 is 24.0 Å². The fourth-order valence-corrected chi connectivity index (χ4v) is 2.51. The maximum absolute atomic E-state index is 5.41. The summed E-state index contributed by atoms with van der Waals surface area (Å²) in [6.07, 6.45) is 1.13. The molecule has 0 spiro atoms. The molecule has 0 amide bonds. The number of nitrogens with zero attached hydrogens (tertiary/aromatic N) is 3. The minimum Gasteiger partial charge on any atom is -0.381 e. The average molecular weight is 408 g/mol. The van der Waals surface area contributed by atoms with Gasteiger partial charge >= 0.3 is 0 Å². The van der Waals surface area contributed by atoms with Crippen molar-refractivity contribution < 1.29 is 9.26 Å². The van der Waals surface area contributed by atoms with Gasteiger partial charge in [0.25, 0.3) is 0 Å². The Hall–Kier alpha value is -0.830. The molecule has 1 N–H and O–H groups in total. The Balaban J connectivity index is 0.00000220. The quantitative estimate of drug-likeness (QED) is 0.469. The summed E-state index contributed by atoms with van der Waals surface area (Å²) in [6, 6.07) is 0. The lowest BCUT2D eigenvalue weighted by atomic mass is 10.1. The highest BCUT2D eigenvalue weighted by Gasteiger charge is 2.19. The van der Waals surface area contributed by atoms with Crippen LogP contribution in [-0.2, 0) is 11.3 Å². The maximum Gasteiger partial charge on any atom is 0.193 e. The van der Waals surface area contributed by atoms with Crippen LogP contribution in [-0.4, -0.2) is 49.9 Å². The Morgan fingerprint density at radius 2 is 2.24 bits per heavy atom. The fraction of sp³-hybridized carbons (Fsp3) is 0.714. The topological polar surface area (TPSA) is 62.9 Å². The summed E-state index contributed by atoms with van der Waals surface area (Å²) in [5.41, 5.74) is 2.03. The van der Waals surface area contributed by atoms with E-state index in [4.69, 9.17) is 9.26 Å². The third-order valence-electron chi connectivity index (χ3n) is 3.73. The minimum absolute atomic E-state index is 0. The molecule has 1 unspecified atom stereocenters. The van der Waals surface area contributed by atoms with E-state index >= 15 is 0 Å². The molecule has 1 aromatic rings. The molecule has 1 atom stereocenters. The van der Waals surface area contributed by atoms with Crippen molar-refractivity contribution >= 4 is 29.9 Å². The summed E-state index contributed by atoms with van der Waals surface area (Å²) in [5.74, 6) is 2.34. The average Bonchev–Trinajstić information content (AvgIpc) is 3.03. The molecule has 7 heteroatoms. The smallest absolute Gasteiger partial charge is 0.193 e. The van der Waals surface area contributed by atoms with Gasteiger partial charge in [0.05, 0.1) is 12.3 Å². The van der Waals surface area contributed by atoms with E-state index in [2.05, 4.69) is 27.4 Å². The van der Waals surface area contributed by atoms with E-state index in [9.17, 15) is 0 Å². The summed E-state index contributed by atoms with van der Waals surface area (Å²) >= 11 is 0. The third-order valence-corrected chi connectivity index (χ3v) is 3.73. The fourth-order valence-electron chi connectivity index (χ4n) is 2.51. The van der Waals surface area contributed by atoms with Crippen molar-refractivity contribution in [3.8, 4) is 0 Å². The van der Waals surface area contributed by atoms with Gasteiger partial charge in [0.15, 0.2) is 5.96 Å². The van der Waals surface area contributed by atoms with E-state index in [1.54, 1.807) is 7.05 Å². The van der Waals surface area contributed by atoms with Gasteiger partial charge in [0.1, 0.15) is 5.76 Å². The summed E-state index contributed by atoms with van der Waals surface area (Å²) in [6.45, 7) is 7.25. The number of rotatable bonds is 4. The van der Waals surface area contributed by atoms with Gasteiger partial charge in [-0.3, -0.25) is 4.99 Å². The number of ether oxygens (including phenoxy) is 1. The van der Waals surface area contributed by atoms with Crippen molar-refractivity contribution in [3.05, 3.63) is 17.0 Å². The number of aryl methyl sites for hydroxylation is 2. The first-order valence-corrected chi connectivity index (χ1v) is 7.03. The molecule has 0 aromatic carbocycles. The van der Waals surface area contributed by atoms with Crippen molar-refractivity contribution in [1.29, 1.82) is 0 Å². The molecule has 0 radical (unpaired) electrons. The number of hydrogen-bond acceptors (Lipinski definition) is 4. The molecule has 1 fully saturated rings. The van der Waals surface area contributed by atoms with Crippen LogP contribution in [0.5, 0.6) is 0 Å². The molecule has 2 rings (SSSR count). The number of nitrogens with one attached hydrogen (secondary N) is 1. The Labute approximate surface area is 143 Å². The number of aliphatic imine (C=N–C) groups is 1. The van der Waals surface area contributed by atoms with Crippen LogP contribution in [0.2, 0.25) is 0 Å². The van der Waals surface area contributed by atoms with Gasteiger partial charge in [0, 0.05) is 45.3 Å². The summed E-state index contributed by atoms with van der Waals surface area (Å²) in [7, 11) is 3.86. The van der Waals surface area contributed by atoms with Crippen molar-refractivity contribution in [2.75, 3.05) is 33.9 Å². The van der Waals surface area contributed by atoms with Crippen LogP contribution in [0.1, 0.15) is 23.4 Å². The zero-order chi connectivity index (χ0) is 14.5. The van der Waals surface area contributed by atoms with Crippen LogP contribution in [0, 0.1) is 19.8 Å². The second kappa shape index (κ2) is 8.57. The van der Waals surface area contributed by atoms with Crippen molar-refractivity contribution in [2.45, 2.75) is 26.8 Å². The predicted octanol–water partition coefficient (Wildman–Crippen LogP) is 1.95. The predicted molar refractivity (Wildman–Crippen MR) is 93.1 cm³/mol. The zero-order valence-corrected chi connectivity index (χ0v) is 15.5. The number of guanidine groups is 1. The molecule has 6 nitrogen and oxygen atoms in total. The molecule has 2 heterocycles. The van der Waals surface area contributed by atoms with E-state index in [-0.39, 0.29) is 24.0 Å². The lowest BCUT2D eigenvalue weighted by Crippen LogP contribution is -2.41. The Kier molecular flexibility index (Phi) is 7.44. The Morgan fingerprint density at radius 1 is 1.48 bits per heavy atom. The second-order valence-electron chi connectivity index (χ2n) is 5.31. The van der Waals surface area contributed by atoms with E-state index in [1.165, 1.54) is 0 Å². The van der Waals surface area contributed by atoms with Crippen LogP contribution in [0.4, 0.5) is 0 Å². The number of halogens is 1. The van der Waals surface area contributed by atoms with E-state index in [1.807, 2.05) is 13.8 Å². The molecule has 0 aliphatic carbocycles. The second-order valence-corrected chi connectivity index (χ2v) is 5.31. The van der Waals surface area contributed by atoms with E-state index < -0.39 is 0 Å². The molecular weight excluding hydrogens is 383 g/mol. The Bertz CT molecular complexity index is 450. The van der Waals surface area contributed by atoms with E-state index in [0.717, 1.165) is 49.2 Å². The van der Waals surface area contributed by atoms with Crippen molar-refractivity contribution in [1.82, 2.24) is 15.4 Å². The standard InChI is InChI=1S/C14H24N4O2.HI/c1-10-13(11(2)20-17-10)7-16-14(15-3)18(4)8-12-5-6-19-9-12;/h12H,5-9H2,1-4H3,(H,15,16);1H. The lowest BCUT2D eigenvalue weighted by molar-refractivity contribution is 0.181. The normalized spacial score (nSPS) is 18.5. The molecule has 120 valence electrons. The largest absolute Gasteiger partial charge is 0.381 e. The van der Waals surface area contributed by atoms with Gasteiger partial charge in [-0.05, 0) is 20.3 Å². The minimum atomic E-state index is 0. The number of aromatic nitrogens is 1. The first-order chi connectivity index (χ1) is 9.61. The van der Waals surface area contributed by atoms with Gasteiger partial charge < -0.3 is 19.5 Å². The molecule has 1 saturated heterocycles. The Morgan fingerprint density at radius 3 is 2.76 bits per heavy atom. The SMILES string of the molecule is CN=C(NCc1c(C)noc1C)N(C)CC1CCOC1.I. The highest BCUT2D eigenvalue weighted by atomic mass is 127. The number of hydrogen-bond donors (Lipinski definition) is 1. The van der Waals surface area contributed by atoms with Crippen LogP contribution in [0.3, 0.4) is 0 Å². The highest BCUT2D eigenvalue weighted by molar-refractivity contribution is 14.0. The highest BCUT2D eigenvalue weighted by Crippen LogP contribution is 2.14. The van der Waals surface area contributed by atoms with Gasteiger partial charge in [-0.1, -0.05) is 5.16 Å². The van der Waals surface area contributed by atoms with Gasteiger partial charge in [-0.2, -0.15) is 0 Å². The molecule has 0 bridgehead atoms. The zero-order valence-electron chi connectivity index (χ0n) is 13.2. The molecular formula is C14H25IN4O2. The summed E-state index contributed by atoms with van der Waals surface area (Å²) < 4.78 is 10.6. The molecule has 1 aliphatic heterocycles. The van der Waals surface area contributed by atoms with E-state index in [0.29, 0.717) is 12.5 Å². The first kappa shape index (κ1) is 18.2. The van der Waals surface area contributed by atoms with Crippen LogP contribution in [0.25, 0.3) is 0 Å². The molecule has 1 aromatic heterocycles. The molecule has 0 saturated carbocycles. The van der Waals surface area contributed by atoms with Gasteiger partial charge in [-0.25, -0.2) is 0 Å². The maximum atomic E-state index is 5.41. The van der Waals surface area contributed by atoms with Gasteiger partial charge in [0.2, 0.25) is 0 Å². The first-order valence-electron chi connectivity index (χ1n) is 7.03.